The summed E-state index contributed by atoms with van der Waals surface area (Å²) in [6.07, 6.45) is 17.7. The van der Waals surface area contributed by atoms with E-state index in [2.05, 4.69) is 78.4 Å². The van der Waals surface area contributed by atoms with Gasteiger partial charge in [0.25, 0.3) is 0 Å². The Morgan fingerprint density at radius 3 is 2.51 bits per heavy atom. The molecule has 1 rings (SSSR count). The number of hydrogen-bond acceptors (Lipinski definition) is 3. The van der Waals surface area contributed by atoms with Crippen molar-refractivity contribution >= 4 is 17.6 Å². The number of aryl methyl sites for hydroxylation is 1. The van der Waals surface area contributed by atoms with E-state index in [0.717, 1.165) is 31.4 Å². The van der Waals surface area contributed by atoms with E-state index >= 15 is 0 Å². The highest BCUT2D eigenvalue weighted by molar-refractivity contribution is 6.16. The summed E-state index contributed by atoms with van der Waals surface area (Å²) in [6.45, 7) is 25.2. The predicted molar refractivity (Wildman–Crippen MR) is 158 cm³/mol. The van der Waals surface area contributed by atoms with Crippen molar-refractivity contribution in [2.75, 3.05) is 6.54 Å². The summed E-state index contributed by atoms with van der Waals surface area (Å²) in [4.78, 5) is 21.7. The molecule has 7 heteroatoms. The molecular weight excluding hydrogens is 460 g/mol. The summed E-state index contributed by atoms with van der Waals surface area (Å²) in [5.41, 5.74) is 3.38. The Balaban J connectivity index is 2.84. The fraction of sp³-hybridized carbons (Fsp3) is 0.400. The molecule has 0 fully saturated rings. The molecule has 37 heavy (non-hydrogen) atoms. The van der Waals surface area contributed by atoms with E-state index in [1.54, 1.807) is 31.3 Å². The molecule has 0 bridgehead atoms. The van der Waals surface area contributed by atoms with E-state index in [1.807, 2.05) is 30.8 Å². The lowest BCUT2D eigenvalue weighted by molar-refractivity contribution is 0.242. The van der Waals surface area contributed by atoms with Crippen LogP contribution in [0.3, 0.4) is 0 Å². The molecule has 0 unspecified atom stereocenters. The number of carbonyl (C=O) groups is 1. The number of amidine groups is 1. The van der Waals surface area contributed by atoms with Crippen LogP contribution in [0.25, 0.3) is 0 Å². The van der Waals surface area contributed by atoms with E-state index in [-0.39, 0.29) is 11.4 Å². The molecule has 0 aromatic carbocycles. The van der Waals surface area contributed by atoms with Crippen LogP contribution in [0.15, 0.2) is 95.5 Å². The average Bonchev–Trinajstić information content (AvgIpc) is 3.32. The van der Waals surface area contributed by atoms with Crippen LogP contribution in [0.4, 0.5) is 4.79 Å². The second-order valence-corrected chi connectivity index (χ2v) is 9.29. The van der Waals surface area contributed by atoms with Gasteiger partial charge in [0.15, 0.2) is 5.84 Å². The van der Waals surface area contributed by atoms with Crippen molar-refractivity contribution in [2.24, 2.45) is 15.4 Å². The maximum atomic E-state index is 12.5. The van der Waals surface area contributed by atoms with Gasteiger partial charge in [-0.25, -0.2) is 14.8 Å². The van der Waals surface area contributed by atoms with Gasteiger partial charge in [0, 0.05) is 24.8 Å². The Labute approximate surface area is 223 Å². The molecule has 2 N–H and O–H groups in total. The number of rotatable bonds is 14. The van der Waals surface area contributed by atoms with Gasteiger partial charge in [0.05, 0.1) is 11.9 Å². The van der Waals surface area contributed by atoms with Crippen LogP contribution in [-0.2, 0) is 6.54 Å². The zero-order chi connectivity index (χ0) is 27.8. The van der Waals surface area contributed by atoms with Gasteiger partial charge in [-0.1, -0.05) is 64.8 Å². The fourth-order valence-corrected chi connectivity index (χ4v) is 3.61. The van der Waals surface area contributed by atoms with Crippen LogP contribution in [0.1, 0.15) is 66.4 Å². The van der Waals surface area contributed by atoms with Crippen molar-refractivity contribution in [3.8, 4) is 0 Å². The minimum absolute atomic E-state index is 0.00448. The Morgan fingerprint density at radius 1 is 1.22 bits per heavy atom. The minimum atomic E-state index is -0.317. The number of amides is 2. The van der Waals surface area contributed by atoms with Crippen molar-refractivity contribution < 1.29 is 4.79 Å². The number of allylic oxidation sites excluding steroid dienone is 7. The first kappa shape index (κ1) is 31.3. The van der Waals surface area contributed by atoms with Crippen molar-refractivity contribution in [3.63, 3.8) is 0 Å². The zero-order valence-corrected chi connectivity index (χ0v) is 23.5. The molecular formula is C30H44N6O. The Hall–Kier alpha value is -3.74. The molecule has 0 aliphatic rings. The van der Waals surface area contributed by atoms with Crippen LogP contribution >= 0.6 is 0 Å². The highest BCUT2D eigenvalue weighted by Crippen LogP contribution is 2.32. The monoisotopic (exact) mass is 504 g/mol. The number of carbonyl (C=O) groups excluding carboxylic acids is 1. The third-order valence-electron chi connectivity index (χ3n) is 5.69. The first-order chi connectivity index (χ1) is 17.6. The molecule has 0 spiro atoms. The maximum Gasteiger partial charge on any atom is 0.320 e. The van der Waals surface area contributed by atoms with Gasteiger partial charge in [0.1, 0.15) is 5.82 Å². The normalized spacial score (nSPS) is 13.6. The number of nitrogens with zero attached hydrogens (tertiary/aromatic N) is 4. The second kappa shape index (κ2) is 16.1. The van der Waals surface area contributed by atoms with Crippen molar-refractivity contribution in [3.05, 3.63) is 91.1 Å². The van der Waals surface area contributed by atoms with Crippen molar-refractivity contribution in [2.45, 2.75) is 67.3 Å². The predicted octanol–water partition coefficient (Wildman–Crippen LogP) is 6.90. The molecule has 2 amide bonds. The molecule has 0 aliphatic heterocycles. The highest BCUT2D eigenvalue weighted by atomic mass is 16.2. The first-order valence-corrected chi connectivity index (χ1v) is 12.8. The van der Waals surface area contributed by atoms with Gasteiger partial charge in [-0.05, 0) is 68.7 Å². The maximum absolute atomic E-state index is 12.5. The van der Waals surface area contributed by atoms with Crippen LogP contribution in [0.5, 0.6) is 0 Å². The lowest BCUT2D eigenvalue weighted by Crippen LogP contribution is -2.35. The van der Waals surface area contributed by atoms with Crippen molar-refractivity contribution in [1.29, 1.82) is 0 Å². The van der Waals surface area contributed by atoms with Gasteiger partial charge in [-0.15, -0.1) is 0 Å². The van der Waals surface area contributed by atoms with E-state index in [1.165, 1.54) is 5.57 Å². The summed E-state index contributed by atoms with van der Waals surface area (Å²) in [5, 5.41) is 10.1. The number of aliphatic imine (C=N–C) groups is 2. The molecule has 200 valence electrons. The van der Waals surface area contributed by atoms with E-state index in [0.29, 0.717) is 29.5 Å². The number of aromatic nitrogens is 2. The molecule has 7 nitrogen and oxygen atoms in total. The van der Waals surface area contributed by atoms with Gasteiger partial charge in [-0.2, -0.15) is 5.10 Å². The molecule has 0 aliphatic carbocycles. The lowest BCUT2D eigenvalue weighted by Gasteiger charge is -2.26. The molecule has 0 atom stereocenters. The third-order valence-corrected chi connectivity index (χ3v) is 5.69. The van der Waals surface area contributed by atoms with Crippen LogP contribution < -0.4 is 10.6 Å². The Bertz CT molecular complexity index is 1100. The Kier molecular flexibility index (Phi) is 13.6. The summed E-state index contributed by atoms with van der Waals surface area (Å²) >= 11 is 0. The number of nitrogens with one attached hydrogen (secondary N) is 2. The molecule has 0 saturated heterocycles. The molecule has 1 heterocycles. The number of hydrogen-bond donors (Lipinski definition) is 2. The fourth-order valence-electron chi connectivity index (χ4n) is 3.61. The smallest absolute Gasteiger partial charge is 0.320 e. The lowest BCUT2D eigenvalue weighted by atomic mass is 9.79. The molecule has 0 saturated carbocycles. The van der Waals surface area contributed by atoms with Crippen LogP contribution in [-0.4, -0.2) is 33.9 Å². The molecule has 1 aromatic rings. The SMILES string of the molecule is C=C/C=C\C(=C/C)C(C)(C)CCCNC(=O)NC(=C/C)/N=C(/N=C(\C=C)c1cnn(CCC)c1)C(=C)C. The number of urea groups is 1. The van der Waals surface area contributed by atoms with Gasteiger partial charge >= 0.3 is 6.03 Å². The van der Waals surface area contributed by atoms with E-state index in [9.17, 15) is 4.79 Å². The third kappa shape index (κ3) is 10.8. The van der Waals surface area contributed by atoms with Gasteiger partial charge in [-0.3, -0.25) is 10.00 Å². The standard InChI is InChI=1S/C30H44N6O/c1-10-15-17-25(12-3)30(8,9)18-16-19-31-29(37)35-27(14-5)34-28(23(6)7)33-26(13-4)24-21-32-36(22-24)20-11-2/h10,12-15,17,21-22H,1,4,6,11,16,18-20H2,2-3,5,7-9H3,(H2,31,35,37)/b17-15-,25-12+,27-14+,33-26+,34-28+. The quantitative estimate of drug-likeness (QED) is 0.125. The van der Waals surface area contributed by atoms with Crippen molar-refractivity contribution in [1.82, 2.24) is 20.4 Å². The van der Waals surface area contributed by atoms with Gasteiger partial charge < -0.3 is 5.32 Å². The summed E-state index contributed by atoms with van der Waals surface area (Å²) in [6, 6.07) is -0.317. The largest absolute Gasteiger partial charge is 0.338 e. The van der Waals surface area contributed by atoms with Crippen LogP contribution in [0.2, 0.25) is 0 Å². The van der Waals surface area contributed by atoms with E-state index in [4.69, 9.17) is 0 Å². The zero-order valence-electron chi connectivity index (χ0n) is 23.5. The van der Waals surface area contributed by atoms with Gasteiger partial charge in [0.2, 0.25) is 0 Å². The summed E-state index contributed by atoms with van der Waals surface area (Å²) in [5.74, 6) is 0.787. The highest BCUT2D eigenvalue weighted by Gasteiger charge is 2.20. The Morgan fingerprint density at radius 2 is 1.95 bits per heavy atom. The molecule has 0 radical (unpaired) electrons. The summed E-state index contributed by atoms with van der Waals surface area (Å²) < 4.78 is 1.87. The van der Waals surface area contributed by atoms with Crippen LogP contribution in [0, 0.1) is 5.41 Å². The van der Waals surface area contributed by atoms with E-state index < -0.39 is 0 Å². The summed E-state index contributed by atoms with van der Waals surface area (Å²) in [7, 11) is 0. The minimum Gasteiger partial charge on any atom is -0.338 e. The second-order valence-electron chi connectivity index (χ2n) is 9.29. The average molecular weight is 505 g/mol. The topological polar surface area (TPSA) is 83.7 Å². The first-order valence-electron chi connectivity index (χ1n) is 12.8. The molecule has 1 aromatic heterocycles.